The van der Waals surface area contributed by atoms with Crippen molar-refractivity contribution in [1.82, 2.24) is 9.97 Å². The van der Waals surface area contributed by atoms with Crippen LogP contribution in [0.25, 0.3) is 0 Å². The summed E-state index contributed by atoms with van der Waals surface area (Å²) in [7, 11) is 0. The van der Waals surface area contributed by atoms with Crippen LogP contribution in [0.4, 0.5) is 17.3 Å². The molecule has 1 aromatic carbocycles. The van der Waals surface area contributed by atoms with Gasteiger partial charge in [-0.3, -0.25) is 4.79 Å². The van der Waals surface area contributed by atoms with Gasteiger partial charge in [0.25, 0.3) is 5.91 Å². The zero-order valence-corrected chi connectivity index (χ0v) is 9.84. The van der Waals surface area contributed by atoms with Crippen LogP contribution in [0.1, 0.15) is 15.9 Å². The Labute approximate surface area is 104 Å². The van der Waals surface area contributed by atoms with Gasteiger partial charge in [0, 0.05) is 11.3 Å². The molecule has 0 aliphatic rings. The van der Waals surface area contributed by atoms with E-state index in [2.05, 4.69) is 15.3 Å². The number of amides is 1. The van der Waals surface area contributed by atoms with Crippen LogP contribution in [-0.4, -0.2) is 15.9 Å². The Morgan fingerprint density at radius 3 is 2.56 bits per heavy atom. The summed E-state index contributed by atoms with van der Waals surface area (Å²) in [5.74, 6) is -0.0960. The maximum absolute atomic E-state index is 12.0. The molecule has 2 aromatic rings. The molecule has 6 nitrogen and oxygen atoms in total. The molecule has 92 valence electrons. The van der Waals surface area contributed by atoms with Gasteiger partial charge in [-0.05, 0) is 24.6 Å². The molecule has 0 radical (unpaired) electrons. The molecule has 18 heavy (non-hydrogen) atoms. The highest BCUT2D eigenvalue weighted by Crippen LogP contribution is 2.14. The summed E-state index contributed by atoms with van der Waals surface area (Å²) in [5.41, 5.74) is 13.4. The molecule has 0 atom stereocenters. The van der Waals surface area contributed by atoms with E-state index in [1.54, 1.807) is 18.2 Å². The van der Waals surface area contributed by atoms with Gasteiger partial charge in [-0.1, -0.05) is 6.07 Å². The molecule has 0 aliphatic carbocycles. The summed E-state index contributed by atoms with van der Waals surface area (Å²) >= 11 is 0. The molecule has 2 rings (SSSR count). The topological polar surface area (TPSA) is 107 Å². The van der Waals surface area contributed by atoms with Gasteiger partial charge >= 0.3 is 0 Å². The Morgan fingerprint density at radius 2 is 1.89 bits per heavy atom. The fourth-order valence-corrected chi connectivity index (χ4v) is 1.49. The van der Waals surface area contributed by atoms with E-state index >= 15 is 0 Å². The van der Waals surface area contributed by atoms with E-state index in [9.17, 15) is 4.79 Å². The fourth-order valence-electron chi connectivity index (χ4n) is 1.49. The summed E-state index contributed by atoms with van der Waals surface area (Å²) in [5, 5.41) is 2.68. The standard InChI is InChI=1S/C12H13N5O/c1-7-2-3-8(13)4-10(7)11(18)17-9-5-15-12(14)16-6-9/h2-6H,13H2,1H3,(H,17,18)(H2,14,15,16). The summed E-state index contributed by atoms with van der Waals surface area (Å²) in [6.07, 6.45) is 2.89. The molecule has 0 saturated carbocycles. The van der Waals surface area contributed by atoms with Gasteiger partial charge in [0.05, 0.1) is 18.1 Å². The highest BCUT2D eigenvalue weighted by atomic mass is 16.1. The first kappa shape index (κ1) is 11.8. The summed E-state index contributed by atoms with van der Waals surface area (Å²) in [6.45, 7) is 1.84. The first-order chi connectivity index (χ1) is 8.56. The molecule has 1 heterocycles. The molecule has 0 fully saturated rings. The van der Waals surface area contributed by atoms with Gasteiger partial charge in [0.2, 0.25) is 5.95 Å². The smallest absolute Gasteiger partial charge is 0.256 e. The van der Waals surface area contributed by atoms with Crippen molar-refractivity contribution in [1.29, 1.82) is 0 Å². The van der Waals surface area contributed by atoms with E-state index in [0.717, 1.165) is 5.56 Å². The number of nitrogens with one attached hydrogen (secondary N) is 1. The Hall–Kier alpha value is -2.63. The van der Waals surface area contributed by atoms with Gasteiger partial charge in [-0.2, -0.15) is 0 Å². The van der Waals surface area contributed by atoms with Crippen LogP contribution in [0.15, 0.2) is 30.6 Å². The molecule has 0 bridgehead atoms. The fraction of sp³-hybridized carbons (Fsp3) is 0.0833. The number of aromatic nitrogens is 2. The first-order valence-electron chi connectivity index (χ1n) is 5.31. The van der Waals surface area contributed by atoms with Crippen molar-refractivity contribution in [2.45, 2.75) is 6.92 Å². The van der Waals surface area contributed by atoms with Gasteiger partial charge in [0.1, 0.15) is 0 Å². The van der Waals surface area contributed by atoms with Crippen molar-refractivity contribution in [2.24, 2.45) is 0 Å². The molecule has 1 amide bonds. The largest absolute Gasteiger partial charge is 0.399 e. The molecule has 6 heteroatoms. The van der Waals surface area contributed by atoms with Gasteiger partial charge < -0.3 is 16.8 Å². The maximum atomic E-state index is 12.0. The highest BCUT2D eigenvalue weighted by Gasteiger charge is 2.10. The SMILES string of the molecule is Cc1ccc(N)cc1C(=O)Nc1cnc(N)nc1. The molecular formula is C12H13N5O. The van der Waals surface area contributed by atoms with Gasteiger partial charge in [-0.25, -0.2) is 9.97 Å². The second-order valence-electron chi connectivity index (χ2n) is 3.86. The predicted octanol–water partition coefficient (Wildman–Crippen LogP) is 1.20. The van der Waals surface area contributed by atoms with E-state index in [1.165, 1.54) is 12.4 Å². The number of hydrogen-bond acceptors (Lipinski definition) is 5. The Balaban J connectivity index is 2.21. The van der Waals surface area contributed by atoms with Crippen LogP contribution in [0, 0.1) is 6.92 Å². The van der Waals surface area contributed by atoms with Crippen molar-refractivity contribution < 1.29 is 4.79 Å². The predicted molar refractivity (Wildman–Crippen MR) is 70.0 cm³/mol. The molecule has 0 unspecified atom stereocenters. The number of benzene rings is 1. The molecule has 0 spiro atoms. The lowest BCUT2D eigenvalue weighted by molar-refractivity contribution is 0.102. The lowest BCUT2D eigenvalue weighted by Gasteiger charge is -2.08. The van der Waals surface area contributed by atoms with E-state index in [0.29, 0.717) is 16.9 Å². The zero-order chi connectivity index (χ0) is 13.1. The maximum Gasteiger partial charge on any atom is 0.256 e. The van der Waals surface area contributed by atoms with Crippen LogP contribution in [0.2, 0.25) is 0 Å². The second kappa shape index (κ2) is 4.70. The van der Waals surface area contributed by atoms with Gasteiger partial charge in [0.15, 0.2) is 0 Å². The normalized spacial score (nSPS) is 10.1. The minimum atomic E-state index is -0.256. The van der Waals surface area contributed by atoms with Crippen LogP contribution in [-0.2, 0) is 0 Å². The average molecular weight is 243 g/mol. The number of nitrogen functional groups attached to an aromatic ring is 2. The van der Waals surface area contributed by atoms with Crippen LogP contribution in [0.5, 0.6) is 0 Å². The minimum absolute atomic E-state index is 0.160. The molecule has 0 aliphatic heterocycles. The number of nitrogens with zero attached hydrogens (tertiary/aromatic N) is 2. The Kier molecular flexibility index (Phi) is 3.09. The average Bonchev–Trinajstić information content (AvgIpc) is 2.35. The van der Waals surface area contributed by atoms with Crippen molar-refractivity contribution in [3.05, 3.63) is 41.7 Å². The van der Waals surface area contributed by atoms with E-state index in [1.807, 2.05) is 6.92 Å². The number of anilines is 3. The highest BCUT2D eigenvalue weighted by molar-refractivity contribution is 6.05. The number of rotatable bonds is 2. The first-order valence-corrected chi connectivity index (χ1v) is 5.31. The van der Waals surface area contributed by atoms with E-state index in [4.69, 9.17) is 11.5 Å². The third kappa shape index (κ3) is 2.54. The third-order valence-corrected chi connectivity index (χ3v) is 2.44. The number of aryl methyl sites for hydroxylation is 1. The van der Waals surface area contributed by atoms with Crippen molar-refractivity contribution in [3.63, 3.8) is 0 Å². The lowest BCUT2D eigenvalue weighted by atomic mass is 10.1. The van der Waals surface area contributed by atoms with E-state index in [-0.39, 0.29) is 11.9 Å². The summed E-state index contributed by atoms with van der Waals surface area (Å²) < 4.78 is 0. The van der Waals surface area contributed by atoms with Crippen molar-refractivity contribution in [2.75, 3.05) is 16.8 Å². The molecule has 5 N–H and O–H groups in total. The molecule has 0 saturated heterocycles. The summed E-state index contributed by atoms with van der Waals surface area (Å²) in [4.78, 5) is 19.6. The van der Waals surface area contributed by atoms with Crippen molar-refractivity contribution in [3.8, 4) is 0 Å². The summed E-state index contributed by atoms with van der Waals surface area (Å²) in [6, 6.07) is 5.17. The second-order valence-corrected chi connectivity index (χ2v) is 3.86. The third-order valence-electron chi connectivity index (χ3n) is 2.44. The Bertz CT molecular complexity index is 580. The monoisotopic (exact) mass is 243 g/mol. The van der Waals surface area contributed by atoms with Crippen molar-refractivity contribution >= 4 is 23.2 Å². The minimum Gasteiger partial charge on any atom is -0.399 e. The number of carbonyl (C=O) groups excluding carboxylic acids is 1. The quantitative estimate of drug-likeness (QED) is 0.687. The molecule has 1 aromatic heterocycles. The zero-order valence-electron chi connectivity index (χ0n) is 9.84. The van der Waals surface area contributed by atoms with Crippen LogP contribution < -0.4 is 16.8 Å². The van der Waals surface area contributed by atoms with Gasteiger partial charge in [-0.15, -0.1) is 0 Å². The number of carbonyl (C=O) groups is 1. The Morgan fingerprint density at radius 1 is 1.22 bits per heavy atom. The van der Waals surface area contributed by atoms with Crippen LogP contribution in [0.3, 0.4) is 0 Å². The number of nitrogens with two attached hydrogens (primary N) is 2. The molecular weight excluding hydrogens is 230 g/mol. The number of hydrogen-bond donors (Lipinski definition) is 3. The lowest BCUT2D eigenvalue weighted by Crippen LogP contribution is -2.14. The van der Waals surface area contributed by atoms with E-state index < -0.39 is 0 Å². The van der Waals surface area contributed by atoms with Crippen LogP contribution >= 0.6 is 0 Å².